The Labute approximate surface area is 134 Å². The van der Waals surface area contributed by atoms with E-state index < -0.39 is 15.5 Å². The van der Waals surface area contributed by atoms with Crippen LogP contribution in [0.5, 0.6) is 0 Å². The molecule has 0 aromatic carbocycles. The van der Waals surface area contributed by atoms with E-state index in [9.17, 15) is 13.2 Å². The Morgan fingerprint density at radius 1 is 1.36 bits per heavy atom. The van der Waals surface area contributed by atoms with Gasteiger partial charge in [0.2, 0.25) is 0 Å². The van der Waals surface area contributed by atoms with Gasteiger partial charge in [-0.15, -0.1) is 0 Å². The molecule has 0 bridgehead atoms. The smallest absolute Gasteiger partial charge is 0.311 e. The van der Waals surface area contributed by atoms with Gasteiger partial charge in [0.05, 0.1) is 23.8 Å². The zero-order chi connectivity index (χ0) is 17.0. The number of rotatable bonds is 7. The summed E-state index contributed by atoms with van der Waals surface area (Å²) in [6.07, 6.45) is 4.01. The van der Waals surface area contributed by atoms with E-state index in [-0.39, 0.29) is 24.2 Å². The summed E-state index contributed by atoms with van der Waals surface area (Å²) in [5.74, 6) is -0.222. The van der Waals surface area contributed by atoms with Gasteiger partial charge >= 0.3 is 5.97 Å². The Morgan fingerprint density at radius 3 is 2.45 bits per heavy atom. The van der Waals surface area contributed by atoms with Crippen molar-refractivity contribution in [3.63, 3.8) is 0 Å². The molecule has 2 unspecified atom stereocenters. The van der Waals surface area contributed by atoms with Crippen LogP contribution in [0, 0.1) is 5.41 Å². The quantitative estimate of drug-likeness (QED) is 0.434. The molecule has 6 nitrogen and oxygen atoms in total. The van der Waals surface area contributed by atoms with E-state index in [0.717, 1.165) is 25.6 Å². The molecule has 2 atom stereocenters. The molecule has 1 saturated heterocycles. The largest absolute Gasteiger partial charge is 0.460 e. The van der Waals surface area contributed by atoms with E-state index in [1.165, 1.54) is 0 Å². The Hall–Kier alpha value is -0.660. The summed E-state index contributed by atoms with van der Waals surface area (Å²) in [5, 5.41) is 3.44. The summed E-state index contributed by atoms with van der Waals surface area (Å²) in [7, 11) is -3.40. The molecule has 0 aromatic rings. The van der Waals surface area contributed by atoms with Crippen LogP contribution >= 0.6 is 0 Å². The lowest BCUT2D eigenvalue weighted by molar-refractivity contribution is -0.162. The van der Waals surface area contributed by atoms with Crippen LogP contribution in [0.3, 0.4) is 0 Å². The van der Waals surface area contributed by atoms with Crippen molar-refractivity contribution in [2.45, 2.75) is 65.0 Å². The molecule has 0 spiro atoms. The number of carbonyl (C=O) groups excluding carboxylic acids is 1. The van der Waals surface area contributed by atoms with Crippen molar-refractivity contribution in [2.24, 2.45) is 5.41 Å². The highest BCUT2D eigenvalue weighted by atomic mass is 32.2. The second kappa shape index (κ2) is 7.27. The minimum absolute atomic E-state index is 0.155. The zero-order valence-corrected chi connectivity index (χ0v) is 15.1. The van der Waals surface area contributed by atoms with Crippen LogP contribution in [0.15, 0.2) is 0 Å². The topological polar surface area (TPSA) is 81.7 Å². The summed E-state index contributed by atoms with van der Waals surface area (Å²) >= 11 is 0. The molecule has 130 valence electrons. The molecular formula is C15H29NO5S. The molecule has 1 rings (SSSR count). The first kappa shape index (κ1) is 19.4. The number of esters is 1. The first-order chi connectivity index (χ1) is 9.96. The summed E-state index contributed by atoms with van der Waals surface area (Å²) in [5.41, 5.74) is -0.824. The Morgan fingerprint density at radius 2 is 2.00 bits per heavy atom. The van der Waals surface area contributed by atoms with Crippen molar-refractivity contribution in [1.82, 2.24) is 5.32 Å². The Kier molecular flexibility index (Phi) is 6.41. The van der Waals surface area contributed by atoms with Gasteiger partial charge in [-0.05, 0) is 59.9 Å². The second-order valence-corrected chi connectivity index (χ2v) is 8.76. The monoisotopic (exact) mass is 335 g/mol. The third-order valence-electron chi connectivity index (χ3n) is 4.02. The minimum atomic E-state index is -3.40. The molecule has 1 aliphatic rings. The van der Waals surface area contributed by atoms with E-state index >= 15 is 0 Å². The molecule has 1 heterocycles. The lowest BCUT2D eigenvalue weighted by Gasteiger charge is -2.36. The van der Waals surface area contributed by atoms with Gasteiger partial charge in [0.1, 0.15) is 6.10 Å². The predicted octanol–water partition coefficient (Wildman–Crippen LogP) is 1.84. The number of hydrogen-bond acceptors (Lipinski definition) is 6. The summed E-state index contributed by atoms with van der Waals surface area (Å²) in [6, 6.07) is 0. The van der Waals surface area contributed by atoms with Crippen LogP contribution in [-0.2, 0) is 23.8 Å². The SMILES string of the molecule is CC(OC(=O)C(C)(C)C)C1(CCCOS(C)(=O)=O)CCCN1. The van der Waals surface area contributed by atoms with E-state index in [1.54, 1.807) is 0 Å². The van der Waals surface area contributed by atoms with Crippen molar-refractivity contribution in [3.05, 3.63) is 0 Å². The average molecular weight is 335 g/mol. The number of hydrogen-bond donors (Lipinski definition) is 1. The van der Waals surface area contributed by atoms with Gasteiger partial charge in [-0.3, -0.25) is 8.98 Å². The highest BCUT2D eigenvalue weighted by molar-refractivity contribution is 7.85. The van der Waals surface area contributed by atoms with Crippen LogP contribution in [0.1, 0.15) is 53.4 Å². The molecular weight excluding hydrogens is 306 g/mol. The van der Waals surface area contributed by atoms with Crippen LogP contribution in [-0.4, -0.2) is 45.4 Å². The average Bonchev–Trinajstić information content (AvgIpc) is 2.82. The Balaban J connectivity index is 2.61. The van der Waals surface area contributed by atoms with Gasteiger partial charge < -0.3 is 10.1 Å². The van der Waals surface area contributed by atoms with Crippen LogP contribution in [0.2, 0.25) is 0 Å². The molecule has 0 radical (unpaired) electrons. The highest BCUT2D eigenvalue weighted by Crippen LogP contribution is 2.31. The van der Waals surface area contributed by atoms with Gasteiger partial charge in [-0.2, -0.15) is 8.42 Å². The van der Waals surface area contributed by atoms with Crippen molar-refractivity contribution in [1.29, 1.82) is 0 Å². The molecule has 0 saturated carbocycles. The van der Waals surface area contributed by atoms with Crippen LogP contribution in [0.25, 0.3) is 0 Å². The Bertz CT molecular complexity index is 475. The van der Waals surface area contributed by atoms with Gasteiger partial charge in [-0.25, -0.2) is 0 Å². The first-order valence-electron chi connectivity index (χ1n) is 7.77. The standard InChI is InChI=1S/C15H29NO5S/c1-12(21-13(17)14(2,3)4)15(8-6-10-16-15)9-7-11-20-22(5,18)19/h12,16H,6-11H2,1-5H3. The number of carbonyl (C=O) groups is 1. The molecule has 0 aliphatic carbocycles. The fraction of sp³-hybridized carbons (Fsp3) is 0.933. The molecule has 1 fully saturated rings. The maximum absolute atomic E-state index is 12.1. The van der Waals surface area contributed by atoms with Crippen molar-refractivity contribution < 1.29 is 22.1 Å². The fourth-order valence-corrected chi connectivity index (χ4v) is 3.06. The maximum atomic E-state index is 12.1. The van der Waals surface area contributed by atoms with Crippen molar-refractivity contribution in [3.8, 4) is 0 Å². The first-order valence-corrected chi connectivity index (χ1v) is 9.58. The lowest BCUT2D eigenvalue weighted by atomic mass is 9.86. The van der Waals surface area contributed by atoms with Gasteiger partial charge in [-0.1, -0.05) is 0 Å². The third kappa shape index (κ3) is 5.85. The molecule has 1 aliphatic heterocycles. The molecule has 22 heavy (non-hydrogen) atoms. The van der Waals surface area contributed by atoms with E-state index in [2.05, 4.69) is 5.32 Å². The van der Waals surface area contributed by atoms with Crippen LogP contribution < -0.4 is 5.32 Å². The van der Waals surface area contributed by atoms with Crippen LogP contribution in [0.4, 0.5) is 0 Å². The zero-order valence-electron chi connectivity index (χ0n) is 14.3. The van der Waals surface area contributed by atoms with E-state index in [4.69, 9.17) is 8.92 Å². The second-order valence-electron chi connectivity index (χ2n) is 7.11. The van der Waals surface area contributed by atoms with Gasteiger partial charge in [0.15, 0.2) is 0 Å². The van der Waals surface area contributed by atoms with Gasteiger partial charge in [0.25, 0.3) is 10.1 Å². The highest BCUT2D eigenvalue weighted by Gasteiger charge is 2.41. The molecule has 1 N–H and O–H groups in total. The predicted molar refractivity (Wildman–Crippen MR) is 85.0 cm³/mol. The van der Waals surface area contributed by atoms with Crippen molar-refractivity contribution in [2.75, 3.05) is 19.4 Å². The molecule has 0 amide bonds. The normalized spacial score (nSPS) is 24.2. The lowest BCUT2D eigenvalue weighted by Crippen LogP contribution is -2.51. The number of nitrogens with one attached hydrogen (secondary N) is 1. The summed E-state index contributed by atoms with van der Waals surface area (Å²) < 4.78 is 32.4. The minimum Gasteiger partial charge on any atom is -0.460 e. The molecule has 7 heteroatoms. The third-order valence-corrected chi connectivity index (χ3v) is 4.61. The van der Waals surface area contributed by atoms with E-state index in [0.29, 0.717) is 12.8 Å². The fourth-order valence-electron chi connectivity index (χ4n) is 2.64. The maximum Gasteiger partial charge on any atom is 0.311 e. The van der Waals surface area contributed by atoms with E-state index in [1.807, 2.05) is 27.7 Å². The summed E-state index contributed by atoms with van der Waals surface area (Å²) in [4.78, 5) is 12.1. The molecule has 0 aromatic heterocycles. The van der Waals surface area contributed by atoms with Gasteiger partial charge in [0, 0.05) is 0 Å². The number of ether oxygens (including phenoxy) is 1. The van der Waals surface area contributed by atoms with Crippen molar-refractivity contribution >= 4 is 16.1 Å². The summed E-state index contributed by atoms with van der Waals surface area (Å²) in [6.45, 7) is 8.43.